The van der Waals surface area contributed by atoms with Crippen molar-refractivity contribution in [1.29, 1.82) is 0 Å². The number of halogens is 1. The Morgan fingerprint density at radius 1 is 1.47 bits per heavy atom. The van der Waals surface area contributed by atoms with Crippen LogP contribution in [0.5, 0.6) is 0 Å². The third kappa shape index (κ3) is 2.24. The highest BCUT2D eigenvalue weighted by molar-refractivity contribution is 9.10. The molecule has 0 bridgehead atoms. The van der Waals surface area contributed by atoms with Gasteiger partial charge in [0.25, 0.3) is 0 Å². The van der Waals surface area contributed by atoms with Gasteiger partial charge in [0, 0.05) is 6.20 Å². The molecule has 6 nitrogen and oxygen atoms in total. The monoisotopic (exact) mass is 269 g/mol. The minimum absolute atomic E-state index is 0.448. The lowest BCUT2D eigenvalue weighted by Gasteiger charge is -2.08. The Hall–Kier alpha value is -1.63. The van der Waals surface area contributed by atoms with Gasteiger partial charge in [-0.05, 0) is 15.9 Å². The lowest BCUT2D eigenvalue weighted by atomic mass is 10.3. The molecule has 0 saturated carbocycles. The lowest BCUT2D eigenvalue weighted by molar-refractivity contribution is 0.411. The molecular weight excluding hydrogens is 262 g/mol. The van der Waals surface area contributed by atoms with Crippen molar-refractivity contribution in [2.45, 2.75) is 6.54 Å². The highest BCUT2D eigenvalue weighted by Crippen LogP contribution is 2.27. The minimum atomic E-state index is 0.448. The summed E-state index contributed by atoms with van der Waals surface area (Å²) in [7, 11) is 0. The van der Waals surface area contributed by atoms with Crippen molar-refractivity contribution in [2.24, 2.45) is 0 Å². The molecule has 0 aliphatic heterocycles. The van der Waals surface area contributed by atoms with E-state index >= 15 is 0 Å². The van der Waals surface area contributed by atoms with Crippen molar-refractivity contribution >= 4 is 27.3 Å². The van der Waals surface area contributed by atoms with E-state index in [4.69, 9.17) is 5.73 Å². The summed E-state index contributed by atoms with van der Waals surface area (Å²) < 4.78 is 5.40. The Morgan fingerprint density at radius 2 is 2.33 bits per heavy atom. The van der Waals surface area contributed by atoms with Gasteiger partial charge in [-0.15, -0.1) is 0 Å². The first-order valence-corrected chi connectivity index (χ1v) is 4.95. The fraction of sp³-hybridized carbons (Fsp3) is 0.125. The zero-order valence-corrected chi connectivity index (χ0v) is 9.23. The van der Waals surface area contributed by atoms with Crippen molar-refractivity contribution in [3.63, 3.8) is 0 Å². The molecule has 0 aliphatic carbocycles. The molecule has 2 heterocycles. The van der Waals surface area contributed by atoms with E-state index in [-0.39, 0.29) is 0 Å². The summed E-state index contributed by atoms with van der Waals surface area (Å²) in [6.07, 6.45) is 4.51. The number of nitrogen functional groups attached to an aromatic ring is 1. The number of nitrogens with zero attached hydrogens (tertiary/aromatic N) is 3. The number of nitrogens with two attached hydrogens (primary N) is 1. The van der Waals surface area contributed by atoms with Crippen LogP contribution in [0.15, 0.2) is 27.8 Å². The molecule has 2 rings (SSSR count). The molecule has 3 N–H and O–H groups in total. The van der Waals surface area contributed by atoms with Gasteiger partial charge in [-0.3, -0.25) is 4.98 Å². The van der Waals surface area contributed by atoms with Gasteiger partial charge in [0.2, 0.25) is 6.39 Å². The number of rotatable bonds is 3. The van der Waals surface area contributed by atoms with Crippen LogP contribution < -0.4 is 11.1 Å². The summed E-state index contributed by atoms with van der Waals surface area (Å²) in [5.74, 6) is 0.568. The van der Waals surface area contributed by atoms with E-state index in [0.717, 1.165) is 10.2 Å². The first-order valence-electron chi connectivity index (χ1n) is 4.15. The molecule has 78 valence electrons. The van der Waals surface area contributed by atoms with Gasteiger partial charge in [-0.2, -0.15) is 4.98 Å². The third-order valence-electron chi connectivity index (χ3n) is 1.76. The van der Waals surface area contributed by atoms with Gasteiger partial charge in [-0.1, -0.05) is 5.16 Å². The molecular formula is C8H8BrN5O. The molecule has 2 aromatic heterocycles. The summed E-state index contributed by atoms with van der Waals surface area (Å²) in [5, 5.41) is 6.76. The van der Waals surface area contributed by atoms with E-state index in [0.29, 0.717) is 18.1 Å². The third-order valence-corrected chi connectivity index (χ3v) is 2.36. The Labute approximate surface area is 94.0 Å². The molecule has 0 unspecified atom stereocenters. The fourth-order valence-electron chi connectivity index (χ4n) is 1.07. The summed E-state index contributed by atoms with van der Waals surface area (Å²) in [5.41, 5.74) is 7.08. The van der Waals surface area contributed by atoms with Crippen LogP contribution in [0.1, 0.15) is 5.82 Å². The van der Waals surface area contributed by atoms with Gasteiger partial charge in [0.15, 0.2) is 5.82 Å². The maximum Gasteiger partial charge on any atom is 0.213 e. The van der Waals surface area contributed by atoms with Gasteiger partial charge < -0.3 is 15.6 Å². The Morgan fingerprint density at radius 3 is 3.00 bits per heavy atom. The molecule has 0 aliphatic rings. The first-order chi connectivity index (χ1) is 7.27. The number of nitrogens with one attached hydrogen (secondary N) is 1. The van der Waals surface area contributed by atoms with Crippen molar-refractivity contribution in [1.82, 2.24) is 15.1 Å². The highest BCUT2D eigenvalue weighted by Gasteiger charge is 2.05. The average Bonchev–Trinajstić information content (AvgIpc) is 2.70. The number of hydrogen-bond acceptors (Lipinski definition) is 6. The molecule has 0 saturated heterocycles. The van der Waals surface area contributed by atoms with Gasteiger partial charge in [0.05, 0.1) is 28.6 Å². The second-order valence-electron chi connectivity index (χ2n) is 2.79. The van der Waals surface area contributed by atoms with Crippen LogP contribution in [0.4, 0.5) is 11.4 Å². The van der Waals surface area contributed by atoms with E-state index in [9.17, 15) is 0 Å². The van der Waals surface area contributed by atoms with Crippen LogP contribution in [0, 0.1) is 0 Å². The second-order valence-corrected chi connectivity index (χ2v) is 3.64. The highest BCUT2D eigenvalue weighted by atomic mass is 79.9. The predicted octanol–water partition coefficient (Wildman–Crippen LogP) is 1.42. The van der Waals surface area contributed by atoms with E-state index in [1.165, 1.54) is 6.39 Å². The summed E-state index contributed by atoms with van der Waals surface area (Å²) >= 11 is 3.34. The lowest BCUT2D eigenvalue weighted by Crippen LogP contribution is -2.04. The van der Waals surface area contributed by atoms with Crippen molar-refractivity contribution in [3.8, 4) is 0 Å². The molecule has 15 heavy (non-hydrogen) atoms. The summed E-state index contributed by atoms with van der Waals surface area (Å²) in [4.78, 5) is 7.81. The second kappa shape index (κ2) is 4.26. The summed E-state index contributed by atoms with van der Waals surface area (Å²) in [6.45, 7) is 0.448. The molecule has 7 heteroatoms. The Balaban J connectivity index is 2.11. The maximum atomic E-state index is 5.74. The Bertz CT molecular complexity index is 424. The van der Waals surface area contributed by atoms with Crippen molar-refractivity contribution in [2.75, 3.05) is 11.1 Å². The fourth-order valence-corrected chi connectivity index (χ4v) is 1.56. The normalized spacial score (nSPS) is 10.2. The van der Waals surface area contributed by atoms with Crippen LogP contribution >= 0.6 is 15.9 Å². The Kier molecular flexibility index (Phi) is 2.82. The van der Waals surface area contributed by atoms with E-state index < -0.39 is 0 Å². The van der Waals surface area contributed by atoms with Crippen LogP contribution in [0.3, 0.4) is 0 Å². The van der Waals surface area contributed by atoms with E-state index in [1.807, 2.05) is 0 Å². The SMILES string of the molecule is Nc1cncc(Br)c1NCc1ncon1. The minimum Gasteiger partial charge on any atom is -0.396 e. The van der Waals surface area contributed by atoms with Gasteiger partial charge in [-0.25, -0.2) is 0 Å². The van der Waals surface area contributed by atoms with Crippen molar-refractivity contribution in [3.05, 3.63) is 29.1 Å². The molecule has 0 amide bonds. The first kappa shape index (κ1) is 9.91. The topological polar surface area (TPSA) is 89.9 Å². The molecule has 0 fully saturated rings. The van der Waals surface area contributed by atoms with Crippen LogP contribution in [-0.4, -0.2) is 15.1 Å². The smallest absolute Gasteiger partial charge is 0.213 e. The van der Waals surface area contributed by atoms with Crippen molar-refractivity contribution < 1.29 is 4.52 Å². The quantitative estimate of drug-likeness (QED) is 0.876. The van der Waals surface area contributed by atoms with Gasteiger partial charge in [0.1, 0.15) is 0 Å². The molecule has 2 aromatic rings. The number of aromatic nitrogens is 3. The number of pyridine rings is 1. The van der Waals surface area contributed by atoms with E-state index in [2.05, 4.69) is 40.9 Å². The van der Waals surface area contributed by atoms with Crippen LogP contribution in [0.2, 0.25) is 0 Å². The number of anilines is 2. The zero-order chi connectivity index (χ0) is 10.7. The van der Waals surface area contributed by atoms with Crippen LogP contribution in [0.25, 0.3) is 0 Å². The van der Waals surface area contributed by atoms with Crippen LogP contribution in [-0.2, 0) is 6.54 Å². The number of hydrogen-bond donors (Lipinski definition) is 2. The largest absolute Gasteiger partial charge is 0.396 e. The van der Waals surface area contributed by atoms with E-state index in [1.54, 1.807) is 12.4 Å². The maximum absolute atomic E-state index is 5.74. The molecule has 0 aromatic carbocycles. The summed E-state index contributed by atoms with van der Waals surface area (Å²) in [6, 6.07) is 0. The molecule has 0 atom stereocenters. The predicted molar refractivity (Wildman–Crippen MR) is 58.0 cm³/mol. The average molecular weight is 270 g/mol. The van der Waals surface area contributed by atoms with Gasteiger partial charge >= 0.3 is 0 Å². The standard InChI is InChI=1S/C8H8BrN5O/c9-5-1-11-2-6(10)8(5)12-3-7-13-4-15-14-7/h1-2,4H,3,10H2,(H,11,12). The molecule has 0 spiro atoms. The molecule has 0 radical (unpaired) electrons. The zero-order valence-electron chi connectivity index (χ0n) is 7.64.